The second-order valence-corrected chi connectivity index (χ2v) is 5.99. The van der Waals surface area contributed by atoms with Crippen LogP contribution in [0.2, 0.25) is 0 Å². The fourth-order valence-corrected chi connectivity index (χ4v) is 1.77. The number of hydrogen-bond acceptors (Lipinski definition) is 5. The van der Waals surface area contributed by atoms with Crippen LogP contribution in [0.5, 0.6) is 5.75 Å². The van der Waals surface area contributed by atoms with Crippen LogP contribution in [0.4, 0.5) is 10.5 Å². The zero-order valence-corrected chi connectivity index (χ0v) is 14.1. The number of carbonyl (C=O) groups excluding carboxylic acids is 2. The summed E-state index contributed by atoms with van der Waals surface area (Å²) in [5.74, 6) is 0.305. The SMILES string of the molecule is COc1ccc(C(=O)NCCCNC(=O)OC(C)(C)C)cc1N. The van der Waals surface area contributed by atoms with Crippen molar-refractivity contribution in [2.24, 2.45) is 0 Å². The van der Waals surface area contributed by atoms with Gasteiger partial charge in [0.15, 0.2) is 0 Å². The van der Waals surface area contributed by atoms with Crippen LogP contribution in [0, 0.1) is 0 Å². The van der Waals surface area contributed by atoms with Crippen molar-refractivity contribution in [3.05, 3.63) is 23.8 Å². The van der Waals surface area contributed by atoms with E-state index in [1.54, 1.807) is 39.0 Å². The molecule has 1 rings (SSSR count). The van der Waals surface area contributed by atoms with Crippen molar-refractivity contribution < 1.29 is 19.1 Å². The molecule has 0 heterocycles. The molecule has 0 aliphatic heterocycles. The van der Waals surface area contributed by atoms with E-state index in [-0.39, 0.29) is 5.91 Å². The van der Waals surface area contributed by atoms with E-state index >= 15 is 0 Å². The minimum absolute atomic E-state index is 0.225. The first-order valence-electron chi connectivity index (χ1n) is 7.41. The Hall–Kier alpha value is -2.44. The summed E-state index contributed by atoms with van der Waals surface area (Å²) < 4.78 is 10.1. The average molecular weight is 323 g/mol. The first-order valence-corrected chi connectivity index (χ1v) is 7.41. The Balaban J connectivity index is 2.29. The maximum atomic E-state index is 12.0. The molecular formula is C16H25N3O4. The van der Waals surface area contributed by atoms with Crippen LogP contribution in [0.25, 0.3) is 0 Å². The summed E-state index contributed by atoms with van der Waals surface area (Å²) in [4.78, 5) is 23.4. The molecule has 1 aromatic rings. The third kappa shape index (κ3) is 6.90. The molecule has 0 radical (unpaired) electrons. The normalized spacial score (nSPS) is 10.8. The standard InChI is InChI=1S/C16H25N3O4/c1-16(2,3)23-15(21)19-9-5-8-18-14(20)11-6-7-13(22-4)12(17)10-11/h6-7,10H,5,8-9,17H2,1-4H3,(H,18,20)(H,19,21). The number of nitrogen functional groups attached to an aromatic ring is 1. The van der Waals surface area contributed by atoms with Crippen molar-refractivity contribution in [3.63, 3.8) is 0 Å². The van der Waals surface area contributed by atoms with Crippen molar-refractivity contribution in [3.8, 4) is 5.75 Å². The maximum absolute atomic E-state index is 12.0. The van der Waals surface area contributed by atoms with Crippen molar-refractivity contribution in [1.29, 1.82) is 0 Å². The van der Waals surface area contributed by atoms with Crippen LogP contribution >= 0.6 is 0 Å². The average Bonchev–Trinajstić information content (AvgIpc) is 2.44. The van der Waals surface area contributed by atoms with Gasteiger partial charge in [-0.1, -0.05) is 0 Å². The monoisotopic (exact) mass is 323 g/mol. The third-order valence-corrected chi connectivity index (χ3v) is 2.80. The van der Waals surface area contributed by atoms with Gasteiger partial charge in [0.05, 0.1) is 12.8 Å². The lowest BCUT2D eigenvalue weighted by Crippen LogP contribution is -2.34. The van der Waals surface area contributed by atoms with E-state index in [9.17, 15) is 9.59 Å². The van der Waals surface area contributed by atoms with Gasteiger partial charge in [-0.3, -0.25) is 4.79 Å². The number of methoxy groups -OCH3 is 1. The first-order chi connectivity index (χ1) is 10.7. The molecular weight excluding hydrogens is 298 g/mol. The molecule has 0 saturated heterocycles. The van der Waals surface area contributed by atoms with E-state index in [1.807, 2.05) is 0 Å². The molecule has 0 atom stereocenters. The molecule has 2 amide bonds. The molecule has 7 nitrogen and oxygen atoms in total. The molecule has 1 aromatic carbocycles. The minimum Gasteiger partial charge on any atom is -0.495 e. The van der Waals surface area contributed by atoms with E-state index in [0.717, 1.165) is 0 Å². The van der Waals surface area contributed by atoms with Crippen LogP contribution in [0.3, 0.4) is 0 Å². The molecule has 4 N–H and O–H groups in total. The summed E-state index contributed by atoms with van der Waals surface area (Å²) in [6.45, 7) is 6.24. The van der Waals surface area contributed by atoms with Gasteiger partial charge in [-0.15, -0.1) is 0 Å². The van der Waals surface area contributed by atoms with Crippen LogP contribution in [-0.4, -0.2) is 37.8 Å². The van der Waals surface area contributed by atoms with Crippen molar-refractivity contribution >= 4 is 17.7 Å². The highest BCUT2D eigenvalue weighted by atomic mass is 16.6. The first kappa shape index (κ1) is 18.6. The molecule has 7 heteroatoms. The number of hydrogen-bond donors (Lipinski definition) is 3. The fourth-order valence-electron chi connectivity index (χ4n) is 1.77. The predicted octanol–water partition coefficient (Wildman–Crippen LogP) is 1.92. The van der Waals surface area contributed by atoms with E-state index < -0.39 is 11.7 Å². The van der Waals surface area contributed by atoms with Crippen molar-refractivity contribution in [2.75, 3.05) is 25.9 Å². The quantitative estimate of drug-likeness (QED) is 0.548. The molecule has 0 saturated carbocycles. The molecule has 0 aliphatic rings. The summed E-state index contributed by atoms with van der Waals surface area (Å²) >= 11 is 0. The summed E-state index contributed by atoms with van der Waals surface area (Å²) in [6.07, 6.45) is 0.128. The number of carbonyl (C=O) groups is 2. The van der Waals surface area contributed by atoms with E-state index in [2.05, 4.69) is 10.6 Å². The van der Waals surface area contributed by atoms with Gasteiger partial charge in [0.1, 0.15) is 11.4 Å². The Morgan fingerprint density at radius 2 is 1.83 bits per heavy atom. The Kier molecular flexibility index (Phi) is 6.68. The molecule has 0 bridgehead atoms. The largest absolute Gasteiger partial charge is 0.495 e. The Labute approximate surface area is 136 Å². The van der Waals surface area contributed by atoms with Gasteiger partial charge in [0, 0.05) is 18.7 Å². The minimum atomic E-state index is -0.521. The molecule has 0 aromatic heterocycles. The van der Waals surface area contributed by atoms with Gasteiger partial charge in [0.2, 0.25) is 0 Å². The number of benzene rings is 1. The Morgan fingerprint density at radius 1 is 1.17 bits per heavy atom. The molecule has 128 valence electrons. The van der Waals surface area contributed by atoms with E-state index in [1.165, 1.54) is 7.11 Å². The van der Waals surface area contributed by atoms with Gasteiger partial charge in [-0.05, 0) is 45.4 Å². The predicted molar refractivity (Wildman–Crippen MR) is 88.6 cm³/mol. The Morgan fingerprint density at radius 3 is 2.39 bits per heavy atom. The molecule has 0 aliphatic carbocycles. The number of rotatable bonds is 6. The molecule has 23 heavy (non-hydrogen) atoms. The number of amides is 2. The number of ether oxygens (including phenoxy) is 2. The number of nitrogens with one attached hydrogen (secondary N) is 2. The highest BCUT2D eigenvalue weighted by molar-refractivity contribution is 5.95. The highest BCUT2D eigenvalue weighted by Crippen LogP contribution is 2.21. The molecule has 0 spiro atoms. The topological polar surface area (TPSA) is 103 Å². The van der Waals surface area contributed by atoms with Gasteiger partial charge in [-0.2, -0.15) is 0 Å². The van der Waals surface area contributed by atoms with Gasteiger partial charge < -0.3 is 25.8 Å². The van der Waals surface area contributed by atoms with Crippen molar-refractivity contribution in [1.82, 2.24) is 10.6 Å². The molecule has 0 unspecified atom stereocenters. The van der Waals surface area contributed by atoms with Gasteiger partial charge in [0.25, 0.3) is 5.91 Å². The van der Waals surface area contributed by atoms with E-state index in [4.69, 9.17) is 15.2 Å². The zero-order chi connectivity index (χ0) is 17.5. The van der Waals surface area contributed by atoms with Crippen LogP contribution in [0.1, 0.15) is 37.6 Å². The lowest BCUT2D eigenvalue weighted by atomic mass is 10.1. The maximum Gasteiger partial charge on any atom is 0.407 e. The lowest BCUT2D eigenvalue weighted by Gasteiger charge is -2.19. The number of anilines is 1. The zero-order valence-electron chi connectivity index (χ0n) is 14.1. The van der Waals surface area contributed by atoms with Crippen LogP contribution in [0.15, 0.2) is 18.2 Å². The van der Waals surface area contributed by atoms with Gasteiger partial charge >= 0.3 is 6.09 Å². The van der Waals surface area contributed by atoms with Crippen LogP contribution in [-0.2, 0) is 4.74 Å². The summed E-state index contributed by atoms with van der Waals surface area (Å²) in [5.41, 5.74) is 6.11. The summed E-state index contributed by atoms with van der Waals surface area (Å²) in [5, 5.41) is 5.39. The fraction of sp³-hybridized carbons (Fsp3) is 0.500. The van der Waals surface area contributed by atoms with E-state index in [0.29, 0.717) is 36.5 Å². The second-order valence-electron chi connectivity index (χ2n) is 5.99. The highest BCUT2D eigenvalue weighted by Gasteiger charge is 2.15. The smallest absolute Gasteiger partial charge is 0.407 e. The number of nitrogens with two attached hydrogens (primary N) is 1. The van der Waals surface area contributed by atoms with Crippen LogP contribution < -0.4 is 21.1 Å². The summed E-state index contributed by atoms with van der Waals surface area (Å²) in [6, 6.07) is 4.85. The molecule has 0 fully saturated rings. The third-order valence-electron chi connectivity index (χ3n) is 2.80. The van der Waals surface area contributed by atoms with Gasteiger partial charge in [-0.25, -0.2) is 4.79 Å². The summed E-state index contributed by atoms with van der Waals surface area (Å²) in [7, 11) is 1.52. The number of alkyl carbamates (subject to hydrolysis) is 1. The van der Waals surface area contributed by atoms with Crippen molar-refractivity contribution in [2.45, 2.75) is 32.8 Å². The Bertz CT molecular complexity index is 553. The second kappa shape index (κ2) is 8.26. The lowest BCUT2D eigenvalue weighted by molar-refractivity contribution is 0.0527.